The summed E-state index contributed by atoms with van der Waals surface area (Å²) in [6.07, 6.45) is 4.45. The van der Waals surface area contributed by atoms with E-state index in [0.717, 1.165) is 66.1 Å². The van der Waals surface area contributed by atoms with Gasteiger partial charge in [0.05, 0.1) is 33.1 Å². The zero-order chi connectivity index (χ0) is 39.1. The minimum Gasteiger partial charge on any atom is -0.309 e. The Bertz CT molecular complexity index is 3440. The molecule has 58 heavy (non-hydrogen) atoms. The van der Waals surface area contributed by atoms with Gasteiger partial charge in [0.25, 0.3) is 0 Å². The van der Waals surface area contributed by atoms with E-state index in [2.05, 4.69) is 212 Å². The monoisotopic (exact) mass is 744 g/mol. The van der Waals surface area contributed by atoms with Gasteiger partial charge in [-0.05, 0) is 77.2 Å². The maximum atomic E-state index is 5.55. The number of allylic oxidation sites excluding steroid dienone is 1. The SMILES string of the molecule is C=C(/C=c1\c(=C/C)c2ccccc2n1-c1ccccc1)c1ccc2c(c1)c1ccccc1n2-c1nc(-c2ccccc2)c2ccc3c(c2n1)-c1ccccc1C3(C)C. The van der Waals surface area contributed by atoms with Gasteiger partial charge in [0.2, 0.25) is 5.95 Å². The van der Waals surface area contributed by atoms with Gasteiger partial charge in [-0.3, -0.25) is 4.57 Å². The molecule has 276 valence electrons. The highest BCUT2D eigenvalue weighted by atomic mass is 15.2. The molecule has 4 nitrogen and oxygen atoms in total. The second-order valence-electron chi connectivity index (χ2n) is 15.8. The summed E-state index contributed by atoms with van der Waals surface area (Å²) >= 11 is 0. The predicted octanol–water partition coefficient (Wildman–Crippen LogP) is 11.9. The third kappa shape index (κ3) is 4.94. The molecule has 0 aliphatic heterocycles. The molecule has 0 saturated heterocycles. The van der Waals surface area contributed by atoms with Crippen molar-refractivity contribution in [2.75, 3.05) is 0 Å². The normalized spacial score (nSPS) is 13.8. The van der Waals surface area contributed by atoms with E-state index in [9.17, 15) is 0 Å². The van der Waals surface area contributed by atoms with Crippen molar-refractivity contribution >= 4 is 61.3 Å². The Labute approximate surface area is 337 Å². The van der Waals surface area contributed by atoms with Crippen LogP contribution in [-0.4, -0.2) is 19.1 Å². The highest BCUT2D eigenvalue weighted by Gasteiger charge is 2.37. The molecule has 0 fully saturated rings. The maximum absolute atomic E-state index is 5.55. The average molecular weight is 745 g/mol. The zero-order valence-electron chi connectivity index (χ0n) is 32.7. The summed E-state index contributed by atoms with van der Waals surface area (Å²) in [7, 11) is 0. The second-order valence-corrected chi connectivity index (χ2v) is 15.8. The fraction of sp³-hybridized carbons (Fsp3) is 0.0741. The lowest BCUT2D eigenvalue weighted by atomic mass is 9.82. The third-order valence-electron chi connectivity index (χ3n) is 12.3. The lowest BCUT2D eigenvalue weighted by Crippen LogP contribution is -2.28. The molecule has 0 unspecified atom stereocenters. The molecule has 10 aromatic rings. The standard InChI is InChI=1S/C54H40N4/c1-5-38-39-22-13-16-26-46(39)57(37-20-10-7-11-21-37)49(38)32-34(2)36-28-31-48-43(33-36)40-23-14-17-27-47(40)58(48)53-55-51(35-18-8-6-9-19-35)42-29-30-45-50(52(42)56-53)41-24-12-15-25-44(41)54(45,3)4/h5-33H,2H2,1,3-4H3/b38-5-,49-32+. The van der Waals surface area contributed by atoms with E-state index in [0.29, 0.717) is 5.95 Å². The Kier molecular flexibility index (Phi) is 7.54. The molecular weight excluding hydrogens is 705 g/mol. The van der Waals surface area contributed by atoms with Crippen LogP contribution in [0.4, 0.5) is 0 Å². The van der Waals surface area contributed by atoms with Crippen LogP contribution in [0.3, 0.4) is 0 Å². The van der Waals surface area contributed by atoms with Crippen LogP contribution in [0, 0.1) is 0 Å². The number of fused-ring (bicyclic) bond motifs is 9. The number of hydrogen-bond acceptors (Lipinski definition) is 2. The van der Waals surface area contributed by atoms with Crippen LogP contribution in [0.25, 0.3) is 95.4 Å². The first kappa shape index (κ1) is 34.0. The smallest absolute Gasteiger partial charge is 0.235 e. The predicted molar refractivity (Wildman–Crippen MR) is 243 cm³/mol. The largest absolute Gasteiger partial charge is 0.309 e. The van der Waals surface area contributed by atoms with Crippen LogP contribution < -0.4 is 10.6 Å². The van der Waals surface area contributed by atoms with E-state index in [1.54, 1.807) is 0 Å². The van der Waals surface area contributed by atoms with Crippen LogP contribution in [0.1, 0.15) is 37.5 Å². The highest BCUT2D eigenvalue weighted by Crippen LogP contribution is 2.51. The summed E-state index contributed by atoms with van der Waals surface area (Å²) in [6.45, 7) is 11.4. The first-order valence-electron chi connectivity index (χ1n) is 20.0. The molecule has 7 aromatic carbocycles. The summed E-state index contributed by atoms with van der Waals surface area (Å²) in [6, 6.07) is 58.4. The van der Waals surface area contributed by atoms with Gasteiger partial charge >= 0.3 is 0 Å². The van der Waals surface area contributed by atoms with Gasteiger partial charge in [0.1, 0.15) is 0 Å². The Hall–Kier alpha value is -7.30. The van der Waals surface area contributed by atoms with Crippen LogP contribution in [0.5, 0.6) is 0 Å². The molecular formula is C54H40N4. The lowest BCUT2D eigenvalue weighted by Gasteiger charge is -2.21. The van der Waals surface area contributed by atoms with Crippen molar-refractivity contribution in [3.63, 3.8) is 0 Å². The van der Waals surface area contributed by atoms with Gasteiger partial charge in [0.15, 0.2) is 0 Å². The Balaban J connectivity index is 1.15. The molecule has 11 rings (SSSR count). The van der Waals surface area contributed by atoms with Crippen molar-refractivity contribution in [3.05, 3.63) is 198 Å². The van der Waals surface area contributed by atoms with Gasteiger partial charge in [-0.15, -0.1) is 0 Å². The second kappa shape index (κ2) is 12.9. The number of hydrogen-bond donors (Lipinski definition) is 0. The summed E-state index contributed by atoms with van der Waals surface area (Å²) < 4.78 is 4.59. The first-order chi connectivity index (χ1) is 28.4. The Morgan fingerprint density at radius 2 is 1.24 bits per heavy atom. The van der Waals surface area contributed by atoms with E-state index in [1.807, 2.05) is 0 Å². The topological polar surface area (TPSA) is 35.6 Å². The van der Waals surface area contributed by atoms with Crippen molar-refractivity contribution in [2.45, 2.75) is 26.2 Å². The average Bonchev–Trinajstić information content (AvgIpc) is 3.86. The van der Waals surface area contributed by atoms with Crippen molar-refractivity contribution in [1.29, 1.82) is 0 Å². The quantitative estimate of drug-likeness (QED) is 0.176. The van der Waals surface area contributed by atoms with E-state index >= 15 is 0 Å². The molecule has 4 heteroatoms. The number of aromatic nitrogens is 4. The van der Waals surface area contributed by atoms with Crippen LogP contribution in [-0.2, 0) is 5.41 Å². The number of benzene rings is 7. The molecule has 3 heterocycles. The number of rotatable bonds is 5. The minimum absolute atomic E-state index is 0.147. The highest BCUT2D eigenvalue weighted by molar-refractivity contribution is 6.11. The van der Waals surface area contributed by atoms with Gasteiger partial charge in [0, 0.05) is 49.0 Å². The Morgan fingerprint density at radius 3 is 2.02 bits per heavy atom. The van der Waals surface area contributed by atoms with Gasteiger partial charge in [-0.25, -0.2) is 9.97 Å². The van der Waals surface area contributed by atoms with Gasteiger partial charge in [-0.2, -0.15) is 0 Å². The molecule has 1 aliphatic rings. The molecule has 0 amide bonds. The number of para-hydroxylation sites is 3. The molecule has 3 aromatic heterocycles. The third-order valence-corrected chi connectivity index (χ3v) is 12.3. The molecule has 0 spiro atoms. The molecule has 0 radical (unpaired) electrons. The molecule has 0 saturated carbocycles. The molecule has 0 N–H and O–H groups in total. The van der Waals surface area contributed by atoms with E-state index < -0.39 is 0 Å². The van der Waals surface area contributed by atoms with Crippen LogP contribution >= 0.6 is 0 Å². The summed E-state index contributed by atoms with van der Waals surface area (Å²) in [5.74, 6) is 0.654. The molecule has 0 bridgehead atoms. The van der Waals surface area contributed by atoms with Crippen molar-refractivity contribution in [3.8, 4) is 34.0 Å². The summed E-state index contributed by atoms with van der Waals surface area (Å²) in [5, 5.41) is 6.84. The fourth-order valence-electron chi connectivity index (χ4n) is 9.51. The fourth-order valence-corrected chi connectivity index (χ4v) is 9.51. The lowest BCUT2D eigenvalue weighted by molar-refractivity contribution is 0.661. The summed E-state index contributed by atoms with van der Waals surface area (Å²) in [4.78, 5) is 11.0. The maximum Gasteiger partial charge on any atom is 0.235 e. The zero-order valence-corrected chi connectivity index (χ0v) is 32.7. The van der Waals surface area contributed by atoms with Crippen molar-refractivity contribution in [1.82, 2.24) is 19.1 Å². The van der Waals surface area contributed by atoms with E-state index in [4.69, 9.17) is 9.97 Å². The van der Waals surface area contributed by atoms with Gasteiger partial charge in [-0.1, -0.05) is 154 Å². The first-order valence-corrected chi connectivity index (χ1v) is 20.0. The van der Waals surface area contributed by atoms with Gasteiger partial charge < -0.3 is 4.57 Å². The number of nitrogens with zero attached hydrogens (tertiary/aromatic N) is 4. The van der Waals surface area contributed by atoms with Crippen LogP contribution in [0.15, 0.2) is 170 Å². The van der Waals surface area contributed by atoms with Crippen molar-refractivity contribution in [2.24, 2.45) is 0 Å². The van der Waals surface area contributed by atoms with E-state index in [1.165, 1.54) is 38.4 Å². The van der Waals surface area contributed by atoms with Crippen LogP contribution in [0.2, 0.25) is 0 Å². The Morgan fingerprint density at radius 1 is 0.586 bits per heavy atom. The van der Waals surface area contributed by atoms with E-state index in [-0.39, 0.29) is 5.41 Å². The van der Waals surface area contributed by atoms with Crippen molar-refractivity contribution < 1.29 is 0 Å². The molecule has 0 atom stereocenters. The minimum atomic E-state index is -0.147. The summed E-state index contributed by atoms with van der Waals surface area (Å²) in [5.41, 5.74) is 14.3. The molecule has 1 aliphatic carbocycles.